The highest BCUT2D eigenvalue weighted by atomic mass is 14.6. The standard InChI is InChI=1S/C13H21N/c1-10-4-6-13(7-5-10)9-11(2)8-12(3)14/h4-7,11-12H,8-9,14H2,1-3H3. The van der Waals surface area contributed by atoms with Crippen LogP contribution in [0.3, 0.4) is 0 Å². The Labute approximate surface area is 87.3 Å². The van der Waals surface area contributed by atoms with Gasteiger partial charge in [0.05, 0.1) is 0 Å². The molecule has 0 saturated heterocycles. The van der Waals surface area contributed by atoms with Gasteiger partial charge >= 0.3 is 0 Å². The van der Waals surface area contributed by atoms with E-state index >= 15 is 0 Å². The van der Waals surface area contributed by atoms with Crippen molar-refractivity contribution >= 4 is 0 Å². The number of nitrogens with two attached hydrogens (primary N) is 1. The third-order valence-corrected chi connectivity index (χ3v) is 2.48. The molecule has 0 aliphatic carbocycles. The van der Waals surface area contributed by atoms with Gasteiger partial charge < -0.3 is 5.73 Å². The minimum Gasteiger partial charge on any atom is -0.328 e. The average Bonchev–Trinajstić information content (AvgIpc) is 2.07. The third-order valence-electron chi connectivity index (χ3n) is 2.48. The quantitative estimate of drug-likeness (QED) is 0.778. The molecule has 1 nitrogen and oxygen atoms in total. The highest BCUT2D eigenvalue weighted by molar-refractivity contribution is 5.21. The molecule has 1 heteroatoms. The molecule has 0 bridgehead atoms. The molecular formula is C13H21N. The van der Waals surface area contributed by atoms with Gasteiger partial charge in [-0.15, -0.1) is 0 Å². The topological polar surface area (TPSA) is 26.0 Å². The lowest BCUT2D eigenvalue weighted by Gasteiger charge is -2.13. The zero-order valence-electron chi connectivity index (χ0n) is 9.46. The van der Waals surface area contributed by atoms with E-state index in [0.29, 0.717) is 12.0 Å². The molecule has 0 amide bonds. The van der Waals surface area contributed by atoms with E-state index in [0.717, 1.165) is 12.8 Å². The first-order valence-electron chi connectivity index (χ1n) is 5.39. The number of benzene rings is 1. The van der Waals surface area contributed by atoms with E-state index in [4.69, 9.17) is 5.73 Å². The second-order valence-electron chi connectivity index (χ2n) is 4.51. The van der Waals surface area contributed by atoms with Gasteiger partial charge in [0.15, 0.2) is 0 Å². The molecule has 2 N–H and O–H groups in total. The van der Waals surface area contributed by atoms with E-state index in [1.54, 1.807) is 0 Å². The molecule has 1 aromatic carbocycles. The fraction of sp³-hybridized carbons (Fsp3) is 0.538. The Morgan fingerprint density at radius 3 is 2.21 bits per heavy atom. The van der Waals surface area contributed by atoms with E-state index < -0.39 is 0 Å². The van der Waals surface area contributed by atoms with Gasteiger partial charge in [0.1, 0.15) is 0 Å². The molecule has 1 rings (SSSR count). The molecule has 0 heterocycles. The van der Waals surface area contributed by atoms with Crippen LogP contribution < -0.4 is 5.73 Å². The molecule has 0 saturated carbocycles. The zero-order valence-corrected chi connectivity index (χ0v) is 9.46. The van der Waals surface area contributed by atoms with E-state index in [1.807, 2.05) is 0 Å². The van der Waals surface area contributed by atoms with E-state index in [2.05, 4.69) is 45.0 Å². The zero-order chi connectivity index (χ0) is 10.6. The second kappa shape index (κ2) is 5.16. The summed E-state index contributed by atoms with van der Waals surface area (Å²) in [6.07, 6.45) is 2.25. The fourth-order valence-corrected chi connectivity index (χ4v) is 1.84. The van der Waals surface area contributed by atoms with Crippen molar-refractivity contribution in [3.8, 4) is 0 Å². The molecule has 0 spiro atoms. The van der Waals surface area contributed by atoms with Crippen LogP contribution in [-0.2, 0) is 6.42 Å². The van der Waals surface area contributed by atoms with Crippen molar-refractivity contribution in [3.63, 3.8) is 0 Å². The van der Waals surface area contributed by atoms with Crippen LogP contribution in [-0.4, -0.2) is 6.04 Å². The summed E-state index contributed by atoms with van der Waals surface area (Å²) < 4.78 is 0. The van der Waals surface area contributed by atoms with Crippen molar-refractivity contribution in [1.82, 2.24) is 0 Å². The summed E-state index contributed by atoms with van der Waals surface area (Å²) in [5, 5.41) is 0. The molecule has 78 valence electrons. The first-order valence-corrected chi connectivity index (χ1v) is 5.39. The molecule has 0 radical (unpaired) electrons. The van der Waals surface area contributed by atoms with Crippen molar-refractivity contribution in [3.05, 3.63) is 35.4 Å². The molecule has 14 heavy (non-hydrogen) atoms. The van der Waals surface area contributed by atoms with Crippen LogP contribution in [0.15, 0.2) is 24.3 Å². The van der Waals surface area contributed by atoms with Gasteiger partial charge in [-0.05, 0) is 38.2 Å². The highest BCUT2D eigenvalue weighted by Gasteiger charge is 2.05. The summed E-state index contributed by atoms with van der Waals surface area (Å²) in [5.41, 5.74) is 8.52. The van der Waals surface area contributed by atoms with Gasteiger partial charge in [0, 0.05) is 6.04 Å². The number of hydrogen-bond acceptors (Lipinski definition) is 1. The average molecular weight is 191 g/mol. The first-order chi connectivity index (χ1) is 6.58. The lowest BCUT2D eigenvalue weighted by Crippen LogP contribution is -2.19. The Balaban J connectivity index is 2.47. The second-order valence-corrected chi connectivity index (χ2v) is 4.51. The minimum absolute atomic E-state index is 0.315. The number of rotatable bonds is 4. The largest absolute Gasteiger partial charge is 0.328 e. The summed E-state index contributed by atoms with van der Waals surface area (Å²) in [4.78, 5) is 0. The Kier molecular flexibility index (Phi) is 4.15. The summed E-state index contributed by atoms with van der Waals surface area (Å²) in [7, 11) is 0. The molecule has 1 aromatic rings. The normalized spacial score (nSPS) is 15.1. The van der Waals surface area contributed by atoms with Gasteiger partial charge in [0.2, 0.25) is 0 Å². The predicted molar refractivity (Wildman–Crippen MR) is 62.3 cm³/mol. The van der Waals surface area contributed by atoms with Crippen LogP contribution >= 0.6 is 0 Å². The van der Waals surface area contributed by atoms with Gasteiger partial charge in [-0.25, -0.2) is 0 Å². The maximum atomic E-state index is 5.77. The number of hydrogen-bond donors (Lipinski definition) is 1. The maximum absolute atomic E-state index is 5.77. The Hall–Kier alpha value is -0.820. The van der Waals surface area contributed by atoms with Crippen LogP contribution in [0, 0.1) is 12.8 Å². The van der Waals surface area contributed by atoms with Crippen LogP contribution in [0.5, 0.6) is 0 Å². The van der Waals surface area contributed by atoms with Crippen molar-refractivity contribution in [2.24, 2.45) is 11.7 Å². The molecule has 0 aliphatic rings. The summed E-state index contributed by atoms with van der Waals surface area (Å²) in [5.74, 6) is 0.678. The van der Waals surface area contributed by atoms with Gasteiger partial charge in [-0.3, -0.25) is 0 Å². The Bertz CT molecular complexity index is 261. The highest BCUT2D eigenvalue weighted by Crippen LogP contribution is 2.13. The molecule has 2 unspecified atom stereocenters. The van der Waals surface area contributed by atoms with Crippen LogP contribution in [0.25, 0.3) is 0 Å². The lowest BCUT2D eigenvalue weighted by atomic mass is 9.95. The monoisotopic (exact) mass is 191 g/mol. The van der Waals surface area contributed by atoms with E-state index in [9.17, 15) is 0 Å². The molecule has 0 aromatic heterocycles. The van der Waals surface area contributed by atoms with E-state index in [-0.39, 0.29) is 0 Å². The van der Waals surface area contributed by atoms with Gasteiger partial charge in [-0.1, -0.05) is 36.8 Å². The first kappa shape index (κ1) is 11.3. The van der Waals surface area contributed by atoms with Crippen LogP contribution in [0.2, 0.25) is 0 Å². The molecule has 2 atom stereocenters. The predicted octanol–water partition coefficient (Wildman–Crippen LogP) is 2.91. The molecule has 0 aliphatic heterocycles. The fourth-order valence-electron chi connectivity index (χ4n) is 1.84. The van der Waals surface area contributed by atoms with Crippen molar-refractivity contribution < 1.29 is 0 Å². The van der Waals surface area contributed by atoms with Crippen molar-refractivity contribution in [2.45, 2.75) is 39.7 Å². The maximum Gasteiger partial charge on any atom is 0.00131 e. The van der Waals surface area contributed by atoms with Crippen molar-refractivity contribution in [2.75, 3.05) is 0 Å². The number of aryl methyl sites for hydroxylation is 1. The molecule has 0 fully saturated rings. The van der Waals surface area contributed by atoms with Crippen molar-refractivity contribution in [1.29, 1.82) is 0 Å². The Morgan fingerprint density at radius 1 is 1.14 bits per heavy atom. The summed E-state index contributed by atoms with van der Waals surface area (Å²) in [6.45, 7) is 6.46. The SMILES string of the molecule is Cc1ccc(CC(C)CC(C)N)cc1. The van der Waals surface area contributed by atoms with Gasteiger partial charge in [0.25, 0.3) is 0 Å². The molecular weight excluding hydrogens is 170 g/mol. The van der Waals surface area contributed by atoms with E-state index in [1.165, 1.54) is 11.1 Å². The lowest BCUT2D eigenvalue weighted by molar-refractivity contribution is 0.480. The van der Waals surface area contributed by atoms with Crippen LogP contribution in [0.4, 0.5) is 0 Å². The smallest absolute Gasteiger partial charge is 0.00131 e. The van der Waals surface area contributed by atoms with Crippen LogP contribution in [0.1, 0.15) is 31.4 Å². The summed E-state index contributed by atoms with van der Waals surface area (Å²) >= 11 is 0. The Morgan fingerprint density at radius 2 is 1.71 bits per heavy atom. The third kappa shape index (κ3) is 3.93. The summed E-state index contributed by atoms with van der Waals surface area (Å²) in [6, 6.07) is 9.09. The minimum atomic E-state index is 0.315. The van der Waals surface area contributed by atoms with Gasteiger partial charge in [-0.2, -0.15) is 0 Å².